The summed E-state index contributed by atoms with van der Waals surface area (Å²) in [6, 6.07) is 0.437. The molecule has 2 aliphatic heterocycles. The number of carboxylic acid groups (broad SMARTS) is 1. The summed E-state index contributed by atoms with van der Waals surface area (Å²) in [5, 5.41) is 22.8. The summed E-state index contributed by atoms with van der Waals surface area (Å²) >= 11 is 0. The molecule has 2 saturated heterocycles. The molecule has 3 rings (SSSR count). The fraction of sp³-hybridized carbons (Fsp3) is 0.917. The quantitative estimate of drug-likeness (QED) is 0.670. The average molecular weight is 227 g/mol. The first-order valence-electron chi connectivity index (χ1n) is 6.17. The highest BCUT2D eigenvalue weighted by atomic mass is 16.4. The maximum absolute atomic E-state index is 10.6. The molecule has 0 unspecified atom stereocenters. The van der Waals surface area contributed by atoms with Gasteiger partial charge in [0.05, 0.1) is 5.60 Å². The number of hydrogen-bond donors (Lipinski definition) is 3. The Morgan fingerprint density at radius 1 is 1.56 bits per heavy atom. The molecular weight excluding hydrogens is 206 g/mol. The minimum atomic E-state index is -0.768. The molecule has 4 nitrogen and oxygen atoms in total. The van der Waals surface area contributed by atoms with Gasteiger partial charge in [0.25, 0.3) is 0 Å². The van der Waals surface area contributed by atoms with Gasteiger partial charge in [0.1, 0.15) is 0 Å². The van der Waals surface area contributed by atoms with Crippen molar-refractivity contribution in [3.8, 4) is 0 Å². The molecule has 92 valence electrons. The molecule has 2 bridgehead atoms. The molecule has 4 atom stereocenters. The van der Waals surface area contributed by atoms with E-state index >= 15 is 0 Å². The lowest BCUT2D eigenvalue weighted by Gasteiger charge is -2.50. The molecule has 16 heavy (non-hydrogen) atoms. The van der Waals surface area contributed by atoms with Gasteiger partial charge in [-0.25, -0.2) is 0 Å². The van der Waals surface area contributed by atoms with E-state index in [1.165, 1.54) is 0 Å². The third-order valence-electron chi connectivity index (χ3n) is 4.10. The minimum Gasteiger partial charge on any atom is -0.481 e. The van der Waals surface area contributed by atoms with Crippen LogP contribution < -0.4 is 5.32 Å². The van der Waals surface area contributed by atoms with Crippen LogP contribution in [0.25, 0.3) is 0 Å². The summed E-state index contributed by atoms with van der Waals surface area (Å²) in [6.45, 7) is 2.81. The fourth-order valence-corrected chi connectivity index (χ4v) is 3.37. The standard InChI is InChI=1S/C12H21NO3/c1-8(4-11(14)15)5-12(16)6-10-3-2-9(12)7-13-10/h8-10,13,16H,2-7H2,1H3,(H,14,15)/t8-,9+,10-,12-/m0/s1. The first-order chi connectivity index (χ1) is 7.49. The van der Waals surface area contributed by atoms with E-state index in [1.807, 2.05) is 6.92 Å². The van der Waals surface area contributed by atoms with E-state index in [2.05, 4.69) is 5.32 Å². The number of nitrogens with one attached hydrogen (secondary N) is 1. The number of carboxylic acids is 1. The molecule has 0 spiro atoms. The molecule has 1 aliphatic carbocycles. The van der Waals surface area contributed by atoms with Gasteiger partial charge in [-0.05, 0) is 31.6 Å². The van der Waals surface area contributed by atoms with Crippen LogP contribution in [-0.2, 0) is 4.79 Å². The van der Waals surface area contributed by atoms with Crippen LogP contribution in [0.2, 0.25) is 0 Å². The molecule has 0 aromatic carbocycles. The van der Waals surface area contributed by atoms with Crippen molar-refractivity contribution in [2.24, 2.45) is 11.8 Å². The summed E-state index contributed by atoms with van der Waals surface area (Å²) in [7, 11) is 0. The zero-order valence-electron chi connectivity index (χ0n) is 9.78. The molecule has 0 amide bonds. The molecule has 3 N–H and O–H groups in total. The van der Waals surface area contributed by atoms with Gasteiger partial charge in [0.2, 0.25) is 0 Å². The molecular formula is C12H21NO3. The van der Waals surface area contributed by atoms with Gasteiger partial charge in [-0.3, -0.25) is 4.79 Å². The lowest BCUT2D eigenvalue weighted by Crippen LogP contribution is -2.59. The van der Waals surface area contributed by atoms with Crippen molar-refractivity contribution >= 4 is 5.97 Å². The van der Waals surface area contributed by atoms with Crippen LogP contribution in [0.5, 0.6) is 0 Å². The van der Waals surface area contributed by atoms with Crippen LogP contribution in [0.15, 0.2) is 0 Å². The van der Waals surface area contributed by atoms with Gasteiger partial charge in [-0.1, -0.05) is 6.92 Å². The van der Waals surface area contributed by atoms with E-state index in [4.69, 9.17) is 5.11 Å². The van der Waals surface area contributed by atoms with Gasteiger partial charge in [0.15, 0.2) is 0 Å². The Hall–Kier alpha value is -0.610. The Morgan fingerprint density at radius 3 is 2.75 bits per heavy atom. The van der Waals surface area contributed by atoms with Crippen LogP contribution in [0.1, 0.15) is 39.0 Å². The van der Waals surface area contributed by atoms with E-state index < -0.39 is 11.6 Å². The van der Waals surface area contributed by atoms with Gasteiger partial charge >= 0.3 is 5.97 Å². The predicted octanol–water partition coefficient (Wildman–Crippen LogP) is 0.990. The number of aliphatic hydroxyl groups is 1. The van der Waals surface area contributed by atoms with Crippen molar-refractivity contribution in [2.45, 2.75) is 50.7 Å². The van der Waals surface area contributed by atoms with Crippen molar-refractivity contribution in [1.82, 2.24) is 5.32 Å². The van der Waals surface area contributed by atoms with Gasteiger partial charge in [-0.15, -0.1) is 0 Å². The van der Waals surface area contributed by atoms with Crippen LogP contribution in [0.4, 0.5) is 0 Å². The molecule has 0 aromatic heterocycles. The summed E-state index contributed by atoms with van der Waals surface area (Å²) in [4.78, 5) is 10.6. The Bertz CT molecular complexity index is 273. The molecule has 3 aliphatic rings. The number of rotatable bonds is 4. The SMILES string of the molecule is C[C@@H](CC(=O)O)C[C@]1(O)C[C@@H]2CC[C@@H]1CN2. The molecule has 2 heterocycles. The second-order valence-corrected chi connectivity index (χ2v) is 5.59. The highest BCUT2D eigenvalue weighted by Gasteiger charge is 2.46. The molecule has 0 radical (unpaired) electrons. The summed E-state index contributed by atoms with van der Waals surface area (Å²) in [5.41, 5.74) is -0.622. The number of aliphatic carboxylic acids is 1. The van der Waals surface area contributed by atoms with E-state index in [-0.39, 0.29) is 12.3 Å². The van der Waals surface area contributed by atoms with E-state index in [0.717, 1.165) is 25.8 Å². The van der Waals surface area contributed by atoms with Crippen molar-refractivity contribution < 1.29 is 15.0 Å². The lowest BCUT2D eigenvalue weighted by atomic mass is 9.66. The molecule has 3 fully saturated rings. The van der Waals surface area contributed by atoms with Crippen molar-refractivity contribution in [3.63, 3.8) is 0 Å². The zero-order valence-corrected chi connectivity index (χ0v) is 9.78. The first-order valence-corrected chi connectivity index (χ1v) is 6.17. The maximum Gasteiger partial charge on any atom is 0.303 e. The lowest BCUT2D eigenvalue weighted by molar-refractivity contribution is -0.139. The van der Waals surface area contributed by atoms with Crippen LogP contribution in [0.3, 0.4) is 0 Å². The normalized spacial score (nSPS) is 39.6. The van der Waals surface area contributed by atoms with Crippen LogP contribution in [-0.4, -0.2) is 34.4 Å². The Morgan fingerprint density at radius 2 is 2.31 bits per heavy atom. The zero-order chi connectivity index (χ0) is 11.8. The average Bonchev–Trinajstić information content (AvgIpc) is 2.16. The van der Waals surface area contributed by atoms with Gasteiger partial charge < -0.3 is 15.5 Å². The highest BCUT2D eigenvalue weighted by Crippen LogP contribution is 2.41. The number of fused-ring (bicyclic) bond motifs is 3. The number of piperidine rings is 2. The highest BCUT2D eigenvalue weighted by molar-refractivity contribution is 5.66. The van der Waals surface area contributed by atoms with Crippen molar-refractivity contribution in [1.29, 1.82) is 0 Å². The molecule has 4 heteroatoms. The Balaban J connectivity index is 1.95. The maximum atomic E-state index is 10.6. The van der Waals surface area contributed by atoms with Gasteiger partial charge in [0, 0.05) is 24.9 Å². The van der Waals surface area contributed by atoms with Gasteiger partial charge in [-0.2, -0.15) is 0 Å². The summed E-state index contributed by atoms with van der Waals surface area (Å²) in [5.74, 6) is -0.397. The second-order valence-electron chi connectivity index (χ2n) is 5.59. The Labute approximate surface area is 96.0 Å². The topological polar surface area (TPSA) is 69.6 Å². The van der Waals surface area contributed by atoms with E-state index in [9.17, 15) is 9.90 Å². The minimum absolute atomic E-state index is 0.0573. The summed E-state index contributed by atoms with van der Waals surface area (Å²) < 4.78 is 0. The molecule has 1 saturated carbocycles. The largest absolute Gasteiger partial charge is 0.481 e. The van der Waals surface area contributed by atoms with Crippen molar-refractivity contribution in [2.75, 3.05) is 6.54 Å². The smallest absolute Gasteiger partial charge is 0.303 e. The van der Waals surface area contributed by atoms with Crippen LogP contribution in [0, 0.1) is 11.8 Å². The monoisotopic (exact) mass is 227 g/mol. The van der Waals surface area contributed by atoms with E-state index in [0.29, 0.717) is 18.4 Å². The Kier molecular flexibility index (Phi) is 3.22. The third-order valence-corrected chi connectivity index (χ3v) is 4.10. The fourth-order valence-electron chi connectivity index (χ4n) is 3.37. The summed E-state index contributed by atoms with van der Waals surface area (Å²) in [6.07, 6.45) is 3.81. The number of hydrogen-bond acceptors (Lipinski definition) is 3. The van der Waals surface area contributed by atoms with E-state index in [1.54, 1.807) is 0 Å². The first kappa shape index (κ1) is 11.9. The van der Waals surface area contributed by atoms with Crippen LogP contribution >= 0.6 is 0 Å². The third kappa shape index (κ3) is 2.38. The van der Waals surface area contributed by atoms with Crippen molar-refractivity contribution in [3.05, 3.63) is 0 Å². The second kappa shape index (κ2) is 4.34. The predicted molar refractivity (Wildman–Crippen MR) is 60.1 cm³/mol. The number of carbonyl (C=O) groups is 1. The molecule has 0 aromatic rings.